The average molecular weight is 304 g/mol. The second-order valence-corrected chi connectivity index (χ2v) is 5.50. The van der Waals surface area contributed by atoms with E-state index in [4.69, 9.17) is 4.74 Å². The van der Waals surface area contributed by atoms with Crippen LogP contribution >= 0.6 is 0 Å². The molecule has 0 fully saturated rings. The molecule has 1 N–H and O–H groups in total. The molecule has 0 saturated heterocycles. The van der Waals surface area contributed by atoms with Gasteiger partial charge in [0.15, 0.2) is 0 Å². The Hall–Kier alpha value is -1.88. The molecule has 1 heterocycles. The minimum atomic E-state index is -0.514. The third kappa shape index (κ3) is 3.65. The van der Waals surface area contributed by atoms with Crippen LogP contribution < -0.4 is 5.32 Å². The molecule has 1 aromatic carbocycles. The van der Waals surface area contributed by atoms with Gasteiger partial charge >= 0.3 is 0 Å². The van der Waals surface area contributed by atoms with Crippen molar-refractivity contribution in [1.82, 2.24) is 10.2 Å². The Morgan fingerprint density at radius 1 is 1.41 bits per heavy atom. The summed E-state index contributed by atoms with van der Waals surface area (Å²) in [6, 6.07) is 7.20. The first-order valence-corrected chi connectivity index (χ1v) is 7.83. The van der Waals surface area contributed by atoms with E-state index in [2.05, 4.69) is 5.32 Å². The number of rotatable bonds is 7. The van der Waals surface area contributed by atoms with Gasteiger partial charge in [0.05, 0.1) is 6.42 Å². The average Bonchev–Trinajstić information content (AvgIpc) is 2.52. The highest BCUT2D eigenvalue weighted by molar-refractivity contribution is 5.92. The zero-order valence-corrected chi connectivity index (χ0v) is 13.3. The van der Waals surface area contributed by atoms with Crippen LogP contribution in [0, 0.1) is 0 Å². The van der Waals surface area contributed by atoms with E-state index in [9.17, 15) is 9.59 Å². The van der Waals surface area contributed by atoms with Gasteiger partial charge in [-0.2, -0.15) is 0 Å². The van der Waals surface area contributed by atoms with E-state index in [1.807, 2.05) is 31.2 Å². The van der Waals surface area contributed by atoms with Crippen LogP contribution in [0.4, 0.5) is 0 Å². The number of nitrogens with one attached hydrogen (secondary N) is 1. The lowest BCUT2D eigenvalue weighted by Crippen LogP contribution is -2.47. The number of fused-ring (bicyclic) bond motifs is 1. The molecule has 1 aliphatic heterocycles. The maximum Gasteiger partial charge on any atom is 0.247 e. The van der Waals surface area contributed by atoms with Gasteiger partial charge in [-0.25, -0.2) is 0 Å². The summed E-state index contributed by atoms with van der Waals surface area (Å²) in [6.07, 6.45) is 1.98. The molecule has 22 heavy (non-hydrogen) atoms. The number of nitrogens with zero attached hydrogens (tertiary/aromatic N) is 1. The third-order valence-electron chi connectivity index (χ3n) is 3.86. The summed E-state index contributed by atoms with van der Waals surface area (Å²) >= 11 is 0. The Bertz CT molecular complexity index is 530. The van der Waals surface area contributed by atoms with E-state index in [0.29, 0.717) is 26.1 Å². The summed E-state index contributed by atoms with van der Waals surface area (Å²) in [7, 11) is 1.64. The summed E-state index contributed by atoms with van der Waals surface area (Å²) in [5.74, 6) is -0.0809. The standard InChI is InChI=1S/C17H24N2O3/c1-3-10-19-15(20)12-13-7-4-5-8-14(13)16(19)17(21)18-9-6-11-22-2/h4-5,7-8,16H,3,6,9-12H2,1-2H3,(H,18,21)/t16-/m1/s1. The van der Waals surface area contributed by atoms with Gasteiger partial charge in [-0.3, -0.25) is 9.59 Å². The van der Waals surface area contributed by atoms with Gasteiger partial charge in [0.25, 0.3) is 0 Å². The minimum absolute atomic E-state index is 0.0255. The van der Waals surface area contributed by atoms with Crippen LogP contribution in [-0.2, 0) is 20.7 Å². The molecule has 2 rings (SSSR count). The molecule has 5 heteroatoms. The maximum atomic E-state index is 12.6. The van der Waals surface area contributed by atoms with Gasteiger partial charge in [-0.15, -0.1) is 0 Å². The molecule has 0 aliphatic carbocycles. The lowest BCUT2D eigenvalue weighted by Gasteiger charge is -2.36. The SMILES string of the molecule is CCCN1C(=O)Cc2ccccc2[C@@H]1C(=O)NCCCOC. The normalized spacial score (nSPS) is 17.3. The molecule has 0 radical (unpaired) electrons. The van der Waals surface area contributed by atoms with Crippen molar-refractivity contribution in [3.05, 3.63) is 35.4 Å². The molecule has 0 unspecified atom stereocenters. The van der Waals surface area contributed by atoms with Gasteiger partial charge in [0.2, 0.25) is 11.8 Å². The van der Waals surface area contributed by atoms with Gasteiger partial charge in [0.1, 0.15) is 6.04 Å². The van der Waals surface area contributed by atoms with Gasteiger partial charge in [-0.1, -0.05) is 31.2 Å². The number of amides is 2. The van der Waals surface area contributed by atoms with Crippen molar-refractivity contribution in [2.24, 2.45) is 0 Å². The van der Waals surface area contributed by atoms with Crippen LogP contribution in [0.1, 0.15) is 36.9 Å². The molecule has 0 spiro atoms. The Kier molecular flexibility index (Phi) is 5.95. The molecule has 1 aromatic rings. The molecular formula is C17H24N2O3. The van der Waals surface area contributed by atoms with Crippen LogP contribution in [0.15, 0.2) is 24.3 Å². The summed E-state index contributed by atoms with van der Waals surface area (Å²) in [6.45, 7) is 3.78. The molecule has 0 aromatic heterocycles. The maximum absolute atomic E-state index is 12.6. The Balaban J connectivity index is 2.19. The first kappa shape index (κ1) is 16.5. The van der Waals surface area contributed by atoms with E-state index >= 15 is 0 Å². The number of ether oxygens (including phenoxy) is 1. The van der Waals surface area contributed by atoms with E-state index in [1.165, 1.54) is 0 Å². The fourth-order valence-corrected chi connectivity index (χ4v) is 2.84. The van der Waals surface area contributed by atoms with Gasteiger partial charge in [0, 0.05) is 26.8 Å². The summed E-state index contributed by atoms with van der Waals surface area (Å²) in [5.41, 5.74) is 1.90. The van der Waals surface area contributed by atoms with Crippen molar-refractivity contribution >= 4 is 11.8 Å². The zero-order valence-electron chi connectivity index (χ0n) is 13.3. The van der Waals surface area contributed by atoms with Crippen molar-refractivity contribution in [1.29, 1.82) is 0 Å². The number of methoxy groups -OCH3 is 1. The minimum Gasteiger partial charge on any atom is -0.385 e. The second kappa shape index (κ2) is 7.94. The third-order valence-corrected chi connectivity index (χ3v) is 3.86. The molecule has 1 atom stereocenters. The quantitative estimate of drug-likeness (QED) is 0.780. The number of benzene rings is 1. The highest BCUT2D eigenvalue weighted by atomic mass is 16.5. The fourth-order valence-electron chi connectivity index (χ4n) is 2.84. The first-order valence-electron chi connectivity index (χ1n) is 7.83. The van der Waals surface area contributed by atoms with Crippen molar-refractivity contribution in [3.63, 3.8) is 0 Å². The van der Waals surface area contributed by atoms with Crippen LogP contribution in [0.3, 0.4) is 0 Å². The Labute approximate surface area is 131 Å². The van der Waals surface area contributed by atoms with E-state index in [-0.39, 0.29) is 11.8 Å². The number of carbonyl (C=O) groups excluding carboxylic acids is 2. The highest BCUT2D eigenvalue weighted by Gasteiger charge is 2.36. The monoisotopic (exact) mass is 304 g/mol. The lowest BCUT2D eigenvalue weighted by atomic mass is 9.91. The second-order valence-electron chi connectivity index (χ2n) is 5.50. The molecular weight excluding hydrogens is 280 g/mol. The molecule has 120 valence electrons. The van der Waals surface area contributed by atoms with Crippen LogP contribution in [0.5, 0.6) is 0 Å². The van der Waals surface area contributed by atoms with Crippen LogP contribution in [0.25, 0.3) is 0 Å². The summed E-state index contributed by atoms with van der Waals surface area (Å²) in [4.78, 5) is 26.7. The number of hydrogen-bond donors (Lipinski definition) is 1. The zero-order chi connectivity index (χ0) is 15.9. The van der Waals surface area contributed by atoms with Gasteiger partial charge < -0.3 is 15.0 Å². The summed E-state index contributed by atoms with van der Waals surface area (Å²) in [5, 5.41) is 2.92. The first-order chi connectivity index (χ1) is 10.7. The van der Waals surface area contributed by atoms with Crippen molar-refractivity contribution in [2.45, 2.75) is 32.2 Å². The lowest BCUT2D eigenvalue weighted by molar-refractivity contribution is -0.141. The fraction of sp³-hybridized carbons (Fsp3) is 0.529. The smallest absolute Gasteiger partial charge is 0.247 e. The predicted molar refractivity (Wildman–Crippen MR) is 84.4 cm³/mol. The largest absolute Gasteiger partial charge is 0.385 e. The Morgan fingerprint density at radius 2 is 2.18 bits per heavy atom. The van der Waals surface area contributed by atoms with Crippen LogP contribution in [0.2, 0.25) is 0 Å². The molecule has 0 saturated carbocycles. The predicted octanol–water partition coefficient (Wildman–Crippen LogP) is 1.68. The molecule has 1 aliphatic rings. The van der Waals surface area contributed by atoms with E-state index in [0.717, 1.165) is 24.0 Å². The number of carbonyl (C=O) groups is 2. The molecule has 5 nitrogen and oxygen atoms in total. The Morgan fingerprint density at radius 3 is 2.91 bits per heavy atom. The van der Waals surface area contributed by atoms with E-state index in [1.54, 1.807) is 12.0 Å². The van der Waals surface area contributed by atoms with E-state index < -0.39 is 6.04 Å². The number of hydrogen-bond acceptors (Lipinski definition) is 3. The van der Waals surface area contributed by atoms with Gasteiger partial charge in [-0.05, 0) is 24.0 Å². The molecule has 2 amide bonds. The highest BCUT2D eigenvalue weighted by Crippen LogP contribution is 2.30. The summed E-state index contributed by atoms with van der Waals surface area (Å²) < 4.78 is 4.99. The molecule has 0 bridgehead atoms. The van der Waals surface area contributed by atoms with Crippen molar-refractivity contribution < 1.29 is 14.3 Å². The van der Waals surface area contributed by atoms with Crippen LogP contribution in [-0.4, -0.2) is 43.5 Å². The van der Waals surface area contributed by atoms with Crippen molar-refractivity contribution in [3.8, 4) is 0 Å². The topological polar surface area (TPSA) is 58.6 Å². The van der Waals surface area contributed by atoms with Crippen molar-refractivity contribution in [2.75, 3.05) is 26.8 Å².